The van der Waals surface area contributed by atoms with Crippen LogP contribution in [0.5, 0.6) is 0 Å². The molecule has 12 nitrogen and oxygen atoms in total. The van der Waals surface area contributed by atoms with Crippen molar-refractivity contribution in [3.63, 3.8) is 0 Å². The van der Waals surface area contributed by atoms with Gasteiger partial charge in [0.1, 0.15) is 0 Å². The van der Waals surface area contributed by atoms with Crippen LogP contribution in [0.25, 0.3) is 0 Å². The zero-order valence-electron chi connectivity index (χ0n) is 8.15. The Balaban J connectivity index is -0.00000000103. The third kappa shape index (κ3) is 537. The standard InChI is InChI=1S/Cr.Mo.H2O4S.8H2O.3Pb/c;;1-5(2,3)4;;;;;;;;;;;/h;;(H2,1,2,3,4);8*1H2;;;/q;;;;;;;;;;;3*+2/p-6. The molecule has 0 aliphatic heterocycles. The van der Waals surface area contributed by atoms with Crippen LogP contribution in [-0.4, -0.2) is 143 Å². The largest absolute Gasteiger partial charge is 2.00 e. The maximum atomic E-state index is 8.52. The van der Waals surface area contributed by atoms with E-state index in [4.69, 9.17) is 17.5 Å². The smallest absolute Gasteiger partial charge is 0.870 e. The molecule has 0 unspecified atom stereocenters. The van der Waals surface area contributed by atoms with Crippen LogP contribution in [0.2, 0.25) is 0 Å². The summed E-state index contributed by atoms with van der Waals surface area (Å²) in [5.41, 5.74) is 0. The van der Waals surface area contributed by atoms with Crippen LogP contribution < -0.4 is 0 Å². The second-order valence-corrected chi connectivity index (χ2v) is 1.22. The minimum absolute atomic E-state index is 0. The van der Waals surface area contributed by atoms with Gasteiger partial charge in [0.2, 0.25) is 0 Å². The molecule has 0 atom stereocenters. The molecule has 18 heteroatoms. The molecule has 0 aliphatic rings. The van der Waals surface area contributed by atoms with E-state index in [2.05, 4.69) is 0 Å². The minimum Gasteiger partial charge on any atom is -0.870 e. The van der Waals surface area contributed by atoms with Gasteiger partial charge in [0.25, 0.3) is 0 Å². The maximum Gasteiger partial charge on any atom is 2.00 e. The first kappa shape index (κ1) is 160. The van der Waals surface area contributed by atoms with E-state index < -0.39 is 10.4 Å². The van der Waals surface area contributed by atoms with Gasteiger partial charge in [0.05, 0.1) is 0 Å². The Kier molecular flexibility index (Phi) is 766. The Labute approximate surface area is 189 Å². The zero-order chi connectivity index (χ0) is 4.50. The predicted octanol–water partition coefficient (Wildman–Crippen LogP) is -6.49. The molecular formula is H12CrMoO12Pb3S. The molecule has 0 saturated carbocycles. The van der Waals surface area contributed by atoms with Crippen molar-refractivity contribution in [2.75, 3.05) is 0 Å². The van der Waals surface area contributed by atoms with Crippen molar-refractivity contribution in [2.24, 2.45) is 0 Å². The molecule has 0 aromatic carbocycles. The molecule has 114 valence electrons. The first-order valence-electron chi connectivity index (χ1n) is 0.667. The molecular weight excluding hydrogens is 994 g/mol. The predicted molar refractivity (Wildman–Crippen MR) is 49.9 cm³/mol. The van der Waals surface area contributed by atoms with E-state index in [9.17, 15) is 0 Å². The van der Waals surface area contributed by atoms with Crippen molar-refractivity contribution >= 4 is 92.3 Å². The zero-order valence-corrected chi connectivity index (χ0v) is 23.9. The third-order valence-corrected chi connectivity index (χ3v) is 0. The van der Waals surface area contributed by atoms with Gasteiger partial charge in [-0.05, 0) is 0 Å². The van der Waals surface area contributed by atoms with E-state index >= 15 is 0 Å². The Hall–Kier alpha value is 3.54. The van der Waals surface area contributed by atoms with Gasteiger partial charge in [-0.3, -0.25) is 8.42 Å². The molecule has 0 rings (SSSR count). The quantitative estimate of drug-likeness (QED) is 0.127. The van der Waals surface area contributed by atoms with Crippen molar-refractivity contribution in [3.8, 4) is 0 Å². The summed E-state index contributed by atoms with van der Waals surface area (Å²) in [5.74, 6) is 0. The Morgan fingerprint density at radius 3 is 0.611 bits per heavy atom. The molecule has 0 fully saturated rings. The van der Waals surface area contributed by atoms with E-state index in [0.717, 1.165) is 0 Å². The second-order valence-electron chi connectivity index (χ2n) is 0.408. The summed E-state index contributed by atoms with van der Waals surface area (Å²) in [6, 6.07) is 0. The summed E-state index contributed by atoms with van der Waals surface area (Å²) in [7, 11) is -5.17. The fourth-order valence-electron chi connectivity index (χ4n) is 0. The van der Waals surface area contributed by atoms with E-state index in [1.165, 1.54) is 0 Å². The molecule has 0 aliphatic carbocycles. The monoisotopic (exact) mass is 1010 g/mol. The Bertz CT molecular complexity index is 110. The van der Waals surface area contributed by atoms with Crippen molar-refractivity contribution in [1.82, 2.24) is 0 Å². The molecule has 0 spiro atoms. The van der Waals surface area contributed by atoms with Gasteiger partial charge < -0.3 is 52.9 Å². The summed E-state index contributed by atoms with van der Waals surface area (Å²) < 4.78 is 34.1. The fraction of sp³-hybridized carbons (Fsp3) is 0. The summed E-state index contributed by atoms with van der Waals surface area (Å²) in [6.45, 7) is 0. The van der Waals surface area contributed by atoms with Gasteiger partial charge in [-0.1, -0.05) is 0 Å². The SMILES string of the molecule is O.O.O.O.O=S(=O)([O-])[O-].[Cr].[Mo].[OH-].[OH-].[OH-].[OH-].[Pb+2].[Pb+2].[Pb+2]. The molecule has 0 bridgehead atoms. The van der Waals surface area contributed by atoms with Gasteiger partial charge >= 0.3 is 81.9 Å². The van der Waals surface area contributed by atoms with Gasteiger partial charge in [-0.15, -0.1) is 0 Å². The summed E-state index contributed by atoms with van der Waals surface area (Å²) in [4.78, 5) is 0. The molecule has 18 heavy (non-hydrogen) atoms. The van der Waals surface area contributed by atoms with Gasteiger partial charge in [0, 0.05) is 48.8 Å². The molecule has 0 amide bonds. The minimum atomic E-state index is -5.17. The van der Waals surface area contributed by atoms with Crippen molar-refractivity contribution < 1.29 is 99.8 Å². The number of rotatable bonds is 0. The van der Waals surface area contributed by atoms with Crippen molar-refractivity contribution in [1.29, 1.82) is 0 Å². The van der Waals surface area contributed by atoms with Gasteiger partial charge in [-0.2, -0.15) is 0 Å². The topological polar surface area (TPSA) is 326 Å². The van der Waals surface area contributed by atoms with E-state index in [0.29, 0.717) is 0 Å². The van der Waals surface area contributed by atoms with Crippen molar-refractivity contribution in [2.45, 2.75) is 0 Å². The van der Waals surface area contributed by atoms with Gasteiger partial charge in [-0.25, -0.2) is 0 Å². The van der Waals surface area contributed by atoms with Crippen LogP contribution in [0.1, 0.15) is 0 Å². The van der Waals surface area contributed by atoms with Crippen LogP contribution >= 0.6 is 0 Å². The molecule has 0 aromatic rings. The van der Waals surface area contributed by atoms with Crippen LogP contribution in [0.4, 0.5) is 0 Å². The van der Waals surface area contributed by atoms with E-state index in [1.807, 2.05) is 0 Å². The molecule has 6 radical (unpaired) electrons. The fourth-order valence-corrected chi connectivity index (χ4v) is 0. The molecule has 0 aromatic heterocycles. The summed E-state index contributed by atoms with van der Waals surface area (Å²) in [5, 5.41) is 0. The first-order chi connectivity index (χ1) is 2.00. The van der Waals surface area contributed by atoms with E-state index in [-0.39, 0.29) is 164 Å². The molecule has 12 N–H and O–H groups in total. The molecule has 0 heterocycles. The number of hydrogen-bond donors (Lipinski definition) is 0. The summed E-state index contributed by atoms with van der Waals surface area (Å²) >= 11 is 0. The van der Waals surface area contributed by atoms with Crippen molar-refractivity contribution in [3.05, 3.63) is 0 Å². The van der Waals surface area contributed by atoms with Crippen LogP contribution in [0.15, 0.2) is 0 Å². The Morgan fingerprint density at radius 1 is 0.611 bits per heavy atom. The third-order valence-electron chi connectivity index (χ3n) is 0. The average Bonchev–Trinajstić information content (AvgIpc) is 0.722. The van der Waals surface area contributed by atoms with Crippen LogP contribution in [0, 0.1) is 0 Å². The average molecular weight is 1010 g/mol. The molecule has 0 saturated heterocycles. The van der Waals surface area contributed by atoms with Gasteiger partial charge in [0.15, 0.2) is 0 Å². The van der Waals surface area contributed by atoms with Crippen LogP contribution in [-0.2, 0) is 48.8 Å². The number of hydrogen-bond acceptors (Lipinski definition) is 8. The second kappa shape index (κ2) is 86.2. The first-order valence-corrected chi connectivity index (χ1v) is 2.00. The maximum absolute atomic E-state index is 8.52. The summed E-state index contributed by atoms with van der Waals surface area (Å²) in [6.07, 6.45) is 0. The van der Waals surface area contributed by atoms with Crippen LogP contribution in [0.3, 0.4) is 0 Å². The Morgan fingerprint density at radius 2 is 0.611 bits per heavy atom. The van der Waals surface area contributed by atoms with E-state index in [1.54, 1.807) is 0 Å². The normalized spacial score (nSPS) is 3.22.